The molecule has 3 amide bonds. The molecule has 1 aromatic rings. The highest BCUT2D eigenvalue weighted by atomic mass is 16.5. The fourth-order valence-electron chi connectivity index (χ4n) is 3.48. The first-order valence-electron chi connectivity index (χ1n) is 9.08. The molecule has 0 aliphatic carbocycles. The van der Waals surface area contributed by atoms with Gasteiger partial charge in [0, 0.05) is 50.8 Å². The Bertz CT molecular complexity index is 691. The molecule has 2 aliphatic heterocycles. The number of rotatable bonds is 7. The van der Waals surface area contributed by atoms with E-state index < -0.39 is 0 Å². The van der Waals surface area contributed by atoms with Crippen LogP contribution < -0.4 is 15.0 Å². The quantitative estimate of drug-likeness (QED) is 0.742. The lowest BCUT2D eigenvalue weighted by Gasteiger charge is -2.18. The van der Waals surface area contributed by atoms with Gasteiger partial charge in [0.1, 0.15) is 5.75 Å². The van der Waals surface area contributed by atoms with Crippen molar-refractivity contribution in [1.82, 2.24) is 10.2 Å². The summed E-state index contributed by atoms with van der Waals surface area (Å²) in [6.07, 6.45) is 2.51. The van der Waals surface area contributed by atoms with Crippen molar-refractivity contribution < 1.29 is 19.1 Å². The van der Waals surface area contributed by atoms with Crippen molar-refractivity contribution >= 4 is 23.4 Å². The van der Waals surface area contributed by atoms with E-state index in [1.165, 1.54) is 0 Å². The van der Waals surface area contributed by atoms with Crippen molar-refractivity contribution in [3.63, 3.8) is 0 Å². The SMILES string of the molecule is COc1cccc(N2CC(C(=O)NCCCN3CCCC3=O)CC2=O)c1. The van der Waals surface area contributed by atoms with Crippen molar-refractivity contribution in [2.75, 3.05) is 38.2 Å². The molecule has 7 nitrogen and oxygen atoms in total. The van der Waals surface area contributed by atoms with E-state index in [0.29, 0.717) is 31.8 Å². The van der Waals surface area contributed by atoms with Crippen LogP contribution in [0.4, 0.5) is 5.69 Å². The van der Waals surface area contributed by atoms with Gasteiger partial charge in [0.05, 0.1) is 13.0 Å². The number of ether oxygens (including phenoxy) is 1. The molecule has 140 valence electrons. The normalized spacial score (nSPS) is 20.0. The number of hydrogen-bond acceptors (Lipinski definition) is 4. The monoisotopic (exact) mass is 359 g/mol. The van der Waals surface area contributed by atoms with Gasteiger partial charge in [0.2, 0.25) is 17.7 Å². The lowest BCUT2D eigenvalue weighted by atomic mass is 10.1. The summed E-state index contributed by atoms with van der Waals surface area (Å²) in [5.41, 5.74) is 0.747. The van der Waals surface area contributed by atoms with E-state index in [2.05, 4.69) is 5.32 Å². The number of nitrogens with one attached hydrogen (secondary N) is 1. The van der Waals surface area contributed by atoms with Crippen LogP contribution in [0, 0.1) is 5.92 Å². The Labute approximate surface area is 153 Å². The number of carbonyl (C=O) groups is 3. The number of anilines is 1. The average molecular weight is 359 g/mol. The van der Waals surface area contributed by atoms with Crippen LogP contribution in [0.2, 0.25) is 0 Å². The highest BCUT2D eigenvalue weighted by Gasteiger charge is 2.35. The van der Waals surface area contributed by atoms with Crippen LogP contribution >= 0.6 is 0 Å². The molecule has 0 aromatic heterocycles. The van der Waals surface area contributed by atoms with Gasteiger partial charge >= 0.3 is 0 Å². The van der Waals surface area contributed by atoms with Gasteiger partial charge in [-0.2, -0.15) is 0 Å². The second-order valence-electron chi connectivity index (χ2n) is 6.74. The molecule has 0 radical (unpaired) electrons. The first-order valence-corrected chi connectivity index (χ1v) is 9.08. The Kier molecular flexibility index (Phi) is 5.75. The summed E-state index contributed by atoms with van der Waals surface area (Å²) in [6.45, 7) is 2.40. The van der Waals surface area contributed by atoms with Crippen LogP contribution in [0.15, 0.2) is 24.3 Å². The molecule has 0 saturated carbocycles. The van der Waals surface area contributed by atoms with Gasteiger partial charge in [0.25, 0.3) is 0 Å². The first-order chi connectivity index (χ1) is 12.6. The second-order valence-corrected chi connectivity index (χ2v) is 6.74. The number of amides is 3. The Morgan fingerprint density at radius 3 is 2.88 bits per heavy atom. The third kappa shape index (κ3) is 4.15. The molecule has 1 unspecified atom stereocenters. The first kappa shape index (κ1) is 18.2. The molecule has 1 aromatic carbocycles. The van der Waals surface area contributed by atoms with Crippen LogP contribution in [-0.2, 0) is 14.4 Å². The largest absolute Gasteiger partial charge is 0.497 e. The highest BCUT2D eigenvalue weighted by Crippen LogP contribution is 2.27. The number of nitrogens with zero attached hydrogens (tertiary/aromatic N) is 2. The molecular formula is C19H25N3O4. The van der Waals surface area contributed by atoms with E-state index in [4.69, 9.17) is 4.74 Å². The van der Waals surface area contributed by atoms with E-state index in [1.807, 2.05) is 23.1 Å². The molecule has 2 saturated heterocycles. The van der Waals surface area contributed by atoms with Gasteiger partial charge in [-0.25, -0.2) is 0 Å². The van der Waals surface area contributed by atoms with E-state index in [-0.39, 0.29) is 30.1 Å². The van der Waals surface area contributed by atoms with Crippen LogP contribution in [0.1, 0.15) is 25.7 Å². The summed E-state index contributed by atoms with van der Waals surface area (Å²) >= 11 is 0. The molecule has 1 N–H and O–H groups in total. The van der Waals surface area contributed by atoms with Gasteiger partial charge < -0.3 is 19.9 Å². The number of hydrogen-bond donors (Lipinski definition) is 1. The molecular weight excluding hydrogens is 334 g/mol. The van der Waals surface area contributed by atoms with E-state index in [9.17, 15) is 14.4 Å². The maximum Gasteiger partial charge on any atom is 0.227 e. The number of methoxy groups -OCH3 is 1. The van der Waals surface area contributed by atoms with E-state index in [0.717, 1.165) is 25.1 Å². The summed E-state index contributed by atoms with van der Waals surface area (Å²) in [5.74, 6) is 0.381. The average Bonchev–Trinajstić information content (AvgIpc) is 3.24. The zero-order chi connectivity index (χ0) is 18.5. The fraction of sp³-hybridized carbons (Fsp3) is 0.526. The molecule has 0 bridgehead atoms. The maximum absolute atomic E-state index is 12.4. The third-order valence-corrected chi connectivity index (χ3v) is 4.94. The van der Waals surface area contributed by atoms with E-state index in [1.54, 1.807) is 18.1 Å². The minimum absolute atomic E-state index is 0.0546. The molecule has 7 heteroatoms. The van der Waals surface area contributed by atoms with Crippen LogP contribution in [0.3, 0.4) is 0 Å². The number of likely N-dealkylation sites (tertiary alicyclic amines) is 1. The van der Waals surface area contributed by atoms with Crippen molar-refractivity contribution in [3.8, 4) is 5.75 Å². The molecule has 2 heterocycles. The second kappa shape index (κ2) is 8.21. The van der Waals surface area contributed by atoms with Crippen molar-refractivity contribution in [1.29, 1.82) is 0 Å². The molecule has 1 atom stereocenters. The summed E-state index contributed by atoms with van der Waals surface area (Å²) in [6, 6.07) is 7.28. The van der Waals surface area contributed by atoms with Crippen LogP contribution in [0.25, 0.3) is 0 Å². The van der Waals surface area contributed by atoms with Gasteiger partial charge in [-0.15, -0.1) is 0 Å². The summed E-state index contributed by atoms with van der Waals surface area (Å²) in [5, 5.41) is 2.90. The number of benzene rings is 1. The zero-order valence-electron chi connectivity index (χ0n) is 15.1. The fourth-order valence-corrected chi connectivity index (χ4v) is 3.48. The minimum atomic E-state index is -0.345. The van der Waals surface area contributed by atoms with Crippen molar-refractivity contribution in [2.45, 2.75) is 25.7 Å². The maximum atomic E-state index is 12.4. The van der Waals surface area contributed by atoms with Crippen molar-refractivity contribution in [3.05, 3.63) is 24.3 Å². The molecule has 26 heavy (non-hydrogen) atoms. The van der Waals surface area contributed by atoms with Crippen molar-refractivity contribution in [2.24, 2.45) is 5.92 Å². The molecule has 2 fully saturated rings. The van der Waals surface area contributed by atoms with E-state index >= 15 is 0 Å². The number of carbonyl (C=O) groups excluding carboxylic acids is 3. The minimum Gasteiger partial charge on any atom is -0.497 e. The smallest absolute Gasteiger partial charge is 0.227 e. The Balaban J connectivity index is 1.46. The topological polar surface area (TPSA) is 79.0 Å². The zero-order valence-corrected chi connectivity index (χ0v) is 15.1. The van der Waals surface area contributed by atoms with Gasteiger partial charge in [0.15, 0.2) is 0 Å². The summed E-state index contributed by atoms with van der Waals surface area (Å²) < 4.78 is 5.19. The standard InChI is InChI=1S/C19H25N3O4/c1-26-16-6-2-5-15(12-16)22-13-14(11-18(22)24)19(25)20-8-4-10-21-9-3-7-17(21)23/h2,5-6,12,14H,3-4,7-11,13H2,1H3,(H,20,25). The lowest BCUT2D eigenvalue weighted by Crippen LogP contribution is -2.35. The van der Waals surface area contributed by atoms with Crippen LogP contribution in [0.5, 0.6) is 5.75 Å². The molecule has 3 rings (SSSR count). The predicted octanol–water partition coefficient (Wildman–Crippen LogP) is 1.18. The Morgan fingerprint density at radius 1 is 1.31 bits per heavy atom. The highest BCUT2D eigenvalue weighted by molar-refractivity contribution is 6.00. The predicted molar refractivity (Wildman–Crippen MR) is 96.9 cm³/mol. The van der Waals surface area contributed by atoms with Crippen LogP contribution in [-0.4, -0.2) is 55.9 Å². The van der Waals surface area contributed by atoms with Gasteiger partial charge in [-0.3, -0.25) is 14.4 Å². The molecule has 2 aliphatic rings. The Morgan fingerprint density at radius 2 is 2.15 bits per heavy atom. The third-order valence-electron chi connectivity index (χ3n) is 4.94. The summed E-state index contributed by atoms with van der Waals surface area (Å²) in [7, 11) is 1.58. The van der Waals surface area contributed by atoms with Gasteiger partial charge in [-0.05, 0) is 25.0 Å². The lowest BCUT2D eigenvalue weighted by molar-refractivity contribution is -0.127. The summed E-state index contributed by atoms with van der Waals surface area (Å²) in [4.78, 5) is 39.7. The molecule has 0 spiro atoms. The Hall–Kier alpha value is -2.57. The van der Waals surface area contributed by atoms with Gasteiger partial charge in [-0.1, -0.05) is 6.07 Å².